The van der Waals surface area contributed by atoms with E-state index >= 15 is 0 Å². The van der Waals surface area contributed by atoms with Gasteiger partial charge in [0.2, 0.25) is 5.88 Å². The molecule has 1 rings (SSSR count). The third kappa shape index (κ3) is 3.39. The number of methoxy groups -OCH3 is 1. The smallest absolute Gasteiger partial charge is 0.213 e. The molecule has 0 amide bonds. The summed E-state index contributed by atoms with van der Waals surface area (Å²) in [5, 5.41) is 0. The van der Waals surface area contributed by atoms with Crippen molar-refractivity contribution in [3.8, 4) is 5.88 Å². The highest BCUT2D eigenvalue weighted by molar-refractivity contribution is 5.77. The van der Waals surface area contributed by atoms with Crippen LogP contribution >= 0.6 is 0 Å². The van der Waals surface area contributed by atoms with Gasteiger partial charge in [0, 0.05) is 18.8 Å². The lowest BCUT2D eigenvalue weighted by molar-refractivity contribution is 0.397. The Morgan fingerprint density at radius 1 is 1.57 bits per heavy atom. The first-order valence-corrected chi connectivity index (χ1v) is 4.48. The van der Waals surface area contributed by atoms with E-state index in [4.69, 9.17) is 4.74 Å². The van der Waals surface area contributed by atoms with Crippen LogP contribution in [-0.4, -0.2) is 24.9 Å². The molecule has 14 heavy (non-hydrogen) atoms. The van der Waals surface area contributed by atoms with Gasteiger partial charge in [0.1, 0.15) is 0 Å². The standard InChI is InChI=1S/C11H14N2O/c1-3-4-8-12-9-10-6-5-7-11(13-10)14-2/h3,5-7,9H,1,4,8H2,2H3. The van der Waals surface area contributed by atoms with Gasteiger partial charge in [-0.3, -0.25) is 4.99 Å². The second-order valence-electron chi connectivity index (χ2n) is 2.72. The molecule has 0 bridgehead atoms. The van der Waals surface area contributed by atoms with Crippen LogP contribution < -0.4 is 4.74 Å². The lowest BCUT2D eigenvalue weighted by Gasteiger charge is -1.98. The Bertz CT molecular complexity index is 321. The number of hydrogen-bond acceptors (Lipinski definition) is 3. The van der Waals surface area contributed by atoms with E-state index in [2.05, 4.69) is 16.6 Å². The van der Waals surface area contributed by atoms with Gasteiger partial charge in [-0.05, 0) is 12.5 Å². The van der Waals surface area contributed by atoms with E-state index in [-0.39, 0.29) is 0 Å². The Balaban J connectivity index is 2.57. The van der Waals surface area contributed by atoms with Crippen molar-refractivity contribution >= 4 is 6.21 Å². The third-order valence-corrected chi connectivity index (χ3v) is 1.64. The first kappa shape index (κ1) is 10.4. The number of pyridine rings is 1. The minimum Gasteiger partial charge on any atom is -0.481 e. The average molecular weight is 190 g/mol. The van der Waals surface area contributed by atoms with Gasteiger partial charge in [-0.1, -0.05) is 12.1 Å². The van der Waals surface area contributed by atoms with E-state index in [9.17, 15) is 0 Å². The maximum atomic E-state index is 4.99. The fourth-order valence-electron chi connectivity index (χ4n) is 0.940. The molecule has 0 fully saturated rings. The molecular formula is C11H14N2O. The molecule has 0 saturated heterocycles. The van der Waals surface area contributed by atoms with Crippen LogP contribution in [-0.2, 0) is 0 Å². The second kappa shape index (κ2) is 5.91. The number of ether oxygens (including phenoxy) is 1. The molecule has 1 aromatic heterocycles. The van der Waals surface area contributed by atoms with E-state index in [1.54, 1.807) is 19.4 Å². The molecule has 3 nitrogen and oxygen atoms in total. The molecule has 0 unspecified atom stereocenters. The molecule has 0 atom stereocenters. The maximum absolute atomic E-state index is 4.99. The van der Waals surface area contributed by atoms with Gasteiger partial charge in [-0.15, -0.1) is 6.58 Å². The molecule has 0 saturated carbocycles. The number of nitrogens with zero attached hydrogens (tertiary/aromatic N) is 2. The summed E-state index contributed by atoms with van der Waals surface area (Å²) in [6, 6.07) is 5.59. The van der Waals surface area contributed by atoms with E-state index in [0.29, 0.717) is 5.88 Å². The second-order valence-corrected chi connectivity index (χ2v) is 2.72. The summed E-state index contributed by atoms with van der Waals surface area (Å²) in [6.07, 6.45) is 4.48. The zero-order chi connectivity index (χ0) is 10.2. The number of hydrogen-bond donors (Lipinski definition) is 0. The van der Waals surface area contributed by atoms with Crippen LogP contribution in [0.3, 0.4) is 0 Å². The highest BCUT2D eigenvalue weighted by Crippen LogP contribution is 2.04. The fourth-order valence-corrected chi connectivity index (χ4v) is 0.940. The molecule has 74 valence electrons. The maximum Gasteiger partial charge on any atom is 0.213 e. The topological polar surface area (TPSA) is 34.5 Å². The minimum absolute atomic E-state index is 0.609. The van der Waals surface area contributed by atoms with Crippen molar-refractivity contribution in [2.24, 2.45) is 4.99 Å². The monoisotopic (exact) mass is 190 g/mol. The zero-order valence-electron chi connectivity index (χ0n) is 8.31. The molecule has 0 N–H and O–H groups in total. The molecular weight excluding hydrogens is 176 g/mol. The van der Waals surface area contributed by atoms with Crippen LogP contribution in [0.5, 0.6) is 5.88 Å². The Morgan fingerprint density at radius 3 is 3.14 bits per heavy atom. The van der Waals surface area contributed by atoms with Crippen LogP contribution in [0.1, 0.15) is 12.1 Å². The van der Waals surface area contributed by atoms with Gasteiger partial charge in [-0.25, -0.2) is 4.98 Å². The highest BCUT2D eigenvalue weighted by Gasteiger charge is 1.92. The van der Waals surface area contributed by atoms with Crippen LogP contribution in [0.25, 0.3) is 0 Å². The summed E-state index contributed by atoms with van der Waals surface area (Å²) in [5.41, 5.74) is 0.813. The predicted molar refractivity (Wildman–Crippen MR) is 58.1 cm³/mol. The van der Waals surface area contributed by atoms with E-state index < -0.39 is 0 Å². The molecule has 0 aliphatic carbocycles. The first-order chi connectivity index (χ1) is 6.86. The number of rotatable bonds is 5. The van der Waals surface area contributed by atoms with Crippen LogP contribution in [0.15, 0.2) is 35.8 Å². The summed E-state index contributed by atoms with van der Waals surface area (Å²) in [4.78, 5) is 8.38. The third-order valence-electron chi connectivity index (χ3n) is 1.64. The largest absolute Gasteiger partial charge is 0.481 e. The van der Waals surface area contributed by atoms with Crippen molar-refractivity contribution in [3.63, 3.8) is 0 Å². The van der Waals surface area contributed by atoms with Crippen molar-refractivity contribution < 1.29 is 4.74 Å². The van der Waals surface area contributed by atoms with Crippen molar-refractivity contribution in [1.29, 1.82) is 0 Å². The highest BCUT2D eigenvalue weighted by atomic mass is 16.5. The molecule has 1 aromatic rings. The van der Waals surface area contributed by atoms with Crippen molar-refractivity contribution in [3.05, 3.63) is 36.5 Å². The summed E-state index contributed by atoms with van der Waals surface area (Å²) in [5.74, 6) is 0.609. The molecule has 0 radical (unpaired) electrons. The Morgan fingerprint density at radius 2 is 2.43 bits per heavy atom. The SMILES string of the molecule is C=CCCN=Cc1cccc(OC)n1. The van der Waals surface area contributed by atoms with Crippen molar-refractivity contribution in [2.45, 2.75) is 6.42 Å². The number of aliphatic imine (C=N–C) groups is 1. The lowest BCUT2D eigenvalue weighted by Crippen LogP contribution is -1.92. The lowest BCUT2D eigenvalue weighted by atomic mass is 10.3. The van der Waals surface area contributed by atoms with E-state index in [1.807, 2.05) is 18.2 Å². The Kier molecular flexibility index (Phi) is 4.41. The van der Waals surface area contributed by atoms with Crippen molar-refractivity contribution in [1.82, 2.24) is 4.98 Å². The van der Waals surface area contributed by atoms with Gasteiger partial charge in [0.25, 0.3) is 0 Å². The molecule has 0 aliphatic heterocycles. The van der Waals surface area contributed by atoms with Crippen LogP contribution in [0, 0.1) is 0 Å². The summed E-state index contributed by atoms with van der Waals surface area (Å²) in [7, 11) is 1.60. The Hall–Kier alpha value is -1.64. The van der Waals surface area contributed by atoms with Gasteiger partial charge >= 0.3 is 0 Å². The summed E-state index contributed by atoms with van der Waals surface area (Å²) in [6.45, 7) is 4.38. The van der Waals surface area contributed by atoms with E-state index in [1.165, 1.54) is 0 Å². The van der Waals surface area contributed by atoms with Gasteiger partial charge in [0.05, 0.1) is 12.8 Å². The average Bonchev–Trinajstić information content (AvgIpc) is 2.25. The van der Waals surface area contributed by atoms with Gasteiger partial charge < -0.3 is 4.74 Å². The molecule has 0 aromatic carbocycles. The number of aromatic nitrogens is 1. The normalized spacial score (nSPS) is 10.4. The quantitative estimate of drug-likeness (QED) is 0.405. The summed E-state index contributed by atoms with van der Waals surface area (Å²) < 4.78 is 4.99. The van der Waals surface area contributed by atoms with Gasteiger partial charge in [-0.2, -0.15) is 0 Å². The van der Waals surface area contributed by atoms with Crippen LogP contribution in [0.4, 0.5) is 0 Å². The minimum atomic E-state index is 0.609. The zero-order valence-corrected chi connectivity index (χ0v) is 8.31. The molecule has 0 aliphatic rings. The van der Waals surface area contributed by atoms with Crippen LogP contribution in [0.2, 0.25) is 0 Å². The van der Waals surface area contributed by atoms with E-state index in [0.717, 1.165) is 18.7 Å². The molecule has 1 heterocycles. The Labute approximate surface area is 84.2 Å². The molecule has 0 spiro atoms. The van der Waals surface area contributed by atoms with Crippen molar-refractivity contribution in [2.75, 3.05) is 13.7 Å². The fraction of sp³-hybridized carbons (Fsp3) is 0.273. The predicted octanol–water partition coefficient (Wildman–Crippen LogP) is 2.09. The molecule has 3 heteroatoms. The summed E-state index contributed by atoms with van der Waals surface area (Å²) >= 11 is 0. The van der Waals surface area contributed by atoms with Gasteiger partial charge in [0.15, 0.2) is 0 Å². The first-order valence-electron chi connectivity index (χ1n) is 4.48.